The summed E-state index contributed by atoms with van der Waals surface area (Å²) in [6, 6.07) is 4.49. The Morgan fingerprint density at radius 1 is 1.35 bits per heavy atom. The molecular formula is C14H14BrFO. The van der Waals surface area contributed by atoms with Gasteiger partial charge in [0.15, 0.2) is 5.78 Å². The van der Waals surface area contributed by atoms with Gasteiger partial charge < -0.3 is 0 Å². The summed E-state index contributed by atoms with van der Waals surface area (Å²) >= 11 is 3.26. The second-order valence-corrected chi connectivity index (χ2v) is 5.25. The Kier molecular flexibility index (Phi) is 4.11. The van der Waals surface area contributed by atoms with Gasteiger partial charge in [-0.3, -0.25) is 4.79 Å². The quantitative estimate of drug-likeness (QED) is 0.585. The Labute approximate surface area is 109 Å². The van der Waals surface area contributed by atoms with Crippen LogP contribution in [0.15, 0.2) is 34.3 Å². The van der Waals surface area contributed by atoms with E-state index in [-0.39, 0.29) is 11.3 Å². The maximum atomic E-state index is 13.5. The maximum absolute atomic E-state index is 13.5. The number of benzene rings is 1. The number of rotatable bonds is 3. The lowest BCUT2D eigenvalue weighted by Crippen LogP contribution is -2.05. The van der Waals surface area contributed by atoms with Crippen molar-refractivity contribution >= 4 is 21.7 Å². The molecule has 0 atom stereocenters. The van der Waals surface area contributed by atoms with E-state index < -0.39 is 5.82 Å². The minimum Gasteiger partial charge on any atom is -0.294 e. The van der Waals surface area contributed by atoms with Crippen LogP contribution in [0, 0.1) is 5.82 Å². The molecule has 1 aliphatic carbocycles. The second kappa shape index (κ2) is 5.58. The summed E-state index contributed by atoms with van der Waals surface area (Å²) in [5.74, 6) is -0.563. The highest BCUT2D eigenvalue weighted by atomic mass is 79.9. The van der Waals surface area contributed by atoms with E-state index in [4.69, 9.17) is 0 Å². The number of ketones is 1. The number of halogens is 2. The van der Waals surface area contributed by atoms with Gasteiger partial charge in [0.05, 0.1) is 5.56 Å². The Hall–Kier alpha value is -0.960. The van der Waals surface area contributed by atoms with Gasteiger partial charge in [-0.25, -0.2) is 4.39 Å². The van der Waals surface area contributed by atoms with Crippen LogP contribution < -0.4 is 0 Å². The third-order valence-corrected chi connectivity index (χ3v) is 3.49. The molecule has 1 aromatic carbocycles. The van der Waals surface area contributed by atoms with Crippen molar-refractivity contribution in [1.82, 2.24) is 0 Å². The van der Waals surface area contributed by atoms with Gasteiger partial charge in [0, 0.05) is 10.9 Å². The van der Waals surface area contributed by atoms with Crippen LogP contribution in [-0.4, -0.2) is 5.78 Å². The molecule has 0 bridgehead atoms. The highest BCUT2D eigenvalue weighted by Crippen LogP contribution is 2.23. The Morgan fingerprint density at radius 2 is 2.18 bits per heavy atom. The zero-order valence-corrected chi connectivity index (χ0v) is 11.1. The van der Waals surface area contributed by atoms with E-state index in [9.17, 15) is 9.18 Å². The van der Waals surface area contributed by atoms with Crippen molar-refractivity contribution < 1.29 is 9.18 Å². The normalized spacial score (nSPS) is 15.5. The van der Waals surface area contributed by atoms with E-state index in [1.54, 1.807) is 12.1 Å². The van der Waals surface area contributed by atoms with E-state index in [1.165, 1.54) is 12.5 Å². The first-order valence-electron chi connectivity index (χ1n) is 5.83. The van der Waals surface area contributed by atoms with Gasteiger partial charge in [0.2, 0.25) is 0 Å². The van der Waals surface area contributed by atoms with Crippen LogP contribution in [0.3, 0.4) is 0 Å². The number of carbonyl (C=O) groups is 1. The highest BCUT2D eigenvalue weighted by molar-refractivity contribution is 9.10. The van der Waals surface area contributed by atoms with Gasteiger partial charge in [0.1, 0.15) is 5.82 Å². The van der Waals surface area contributed by atoms with Crippen molar-refractivity contribution in [2.75, 3.05) is 0 Å². The summed E-state index contributed by atoms with van der Waals surface area (Å²) in [5.41, 5.74) is 1.34. The Balaban J connectivity index is 2.14. The van der Waals surface area contributed by atoms with E-state index in [2.05, 4.69) is 22.0 Å². The third kappa shape index (κ3) is 3.25. The molecule has 0 saturated heterocycles. The van der Waals surface area contributed by atoms with Gasteiger partial charge in [-0.2, -0.15) is 0 Å². The van der Waals surface area contributed by atoms with Crippen molar-refractivity contribution in [3.05, 3.63) is 45.7 Å². The zero-order valence-electron chi connectivity index (χ0n) is 9.51. The molecule has 0 spiro atoms. The molecule has 0 radical (unpaired) electrons. The molecule has 1 aliphatic rings. The first-order chi connectivity index (χ1) is 8.16. The largest absolute Gasteiger partial charge is 0.294 e. The SMILES string of the molecule is O=C(CC1=CCCCC1)c1cc(Br)ccc1F. The first kappa shape index (κ1) is 12.5. The average Bonchev–Trinajstić information content (AvgIpc) is 2.33. The lowest BCUT2D eigenvalue weighted by Gasteiger charge is -2.12. The van der Waals surface area contributed by atoms with Gasteiger partial charge in [-0.1, -0.05) is 27.6 Å². The lowest BCUT2D eigenvalue weighted by molar-refractivity contribution is 0.0987. The predicted octanol–water partition coefficient (Wildman–Crippen LogP) is 4.66. The monoisotopic (exact) mass is 296 g/mol. The van der Waals surface area contributed by atoms with Crippen LogP contribution in [0.1, 0.15) is 42.5 Å². The van der Waals surface area contributed by atoms with Crippen LogP contribution in [0.25, 0.3) is 0 Å². The fraction of sp³-hybridized carbons (Fsp3) is 0.357. The minimum atomic E-state index is -0.436. The van der Waals surface area contributed by atoms with Gasteiger partial charge in [0.25, 0.3) is 0 Å². The number of Topliss-reactive ketones (excluding diaryl/α,β-unsaturated/α-hetero) is 1. The minimum absolute atomic E-state index is 0.128. The van der Waals surface area contributed by atoms with Crippen LogP contribution in [0.5, 0.6) is 0 Å². The van der Waals surface area contributed by atoms with Gasteiger partial charge in [-0.05, 0) is 43.9 Å². The van der Waals surface area contributed by atoms with Crippen LogP contribution >= 0.6 is 15.9 Å². The summed E-state index contributed by atoms with van der Waals surface area (Å²) in [6.45, 7) is 0. The summed E-state index contributed by atoms with van der Waals surface area (Å²) < 4.78 is 14.2. The summed E-state index contributed by atoms with van der Waals surface area (Å²) in [5, 5.41) is 0. The molecule has 90 valence electrons. The van der Waals surface area contributed by atoms with Crippen LogP contribution in [-0.2, 0) is 0 Å². The molecule has 1 nitrogen and oxygen atoms in total. The van der Waals surface area contributed by atoms with E-state index in [0.717, 1.165) is 29.3 Å². The summed E-state index contributed by atoms with van der Waals surface area (Å²) in [6.07, 6.45) is 6.83. The number of carbonyl (C=O) groups excluding carboxylic acids is 1. The number of allylic oxidation sites excluding steroid dienone is 2. The standard InChI is InChI=1S/C14H14BrFO/c15-11-6-7-13(16)12(9-11)14(17)8-10-4-2-1-3-5-10/h4,6-7,9H,1-3,5,8H2. The summed E-state index contributed by atoms with van der Waals surface area (Å²) in [7, 11) is 0. The van der Waals surface area contributed by atoms with E-state index >= 15 is 0 Å². The molecule has 0 amide bonds. The fourth-order valence-corrected chi connectivity index (χ4v) is 2.44. The smallest absolute Gasteiger partial charge is 0.169 e. The summed E-state index contributed by atoms with van der Waals surface area (Å²) in [4.78, 5) is 12.0. The van der Waals surface area contributed by atoms with Crippen LogP contribution in [0.2, 0.25) is 0 Å². The average molecular weight is 297 g/mol. The maximum Gasteiger partial charge on any atom is 0.169 e. The van der Waals surface area contributed by atoms with Gasteiger partial charge in [-0.15, -0.1) is 0 Å². The van der Waals surface area contributed by atoms with Crippen molar-refractivity contribution in [1.29, 1.82) is 0 Å². The number of hydrogen-bond donors (Lipinski definition) is 0. The third-order valence-electron chi connectivity index (χ3n) is 3.00. The van der Waals surface area contributed by atoms with Gasteiger partial charge >= 0.3 is 0 Å². The molecule has 0 aliphatic heterocycles. The van der Waals surface area contributed by atoms with Crippen molar-refractivity contribution in [2.45, 2.75) is 32.1 Å². The lowest BCUT2D eigenvalue weighted by atomic mass is 9.93. The highest BCUT2D eigenvalue weighted by Gasteiger charge is 2.15. The topological polar surface area (TPSA) is 17.1 Å². The second-order valence-electron chi connectivity index (χ2n) is 4.33. The number of hydrogen-bond acceptors (Lipinski definition) is 1. The molecular weight excluding hydrogens is 283 g/mol. The molecule has 0 heterocycles. The first-order valence-corrected chi connectivity index (χ1v) is 6.62. The molecule has 0 unspecified atom stereocenters. The molecule has 2 rings (SSSR count). The molecule has 0 fully saturated rings. The Morgan fingerprint density at radius 3 is 2.88 bits per heavy atom. The fourth-order valence-electron chi connectivity index (χ4n) is 2.08. The molecule has 3 heteroatoms. The molecule has 0 N–H and O–H groups in total. The van der Waals surface area contributed by atoms with Crippen molar-refractivity contribution in [3.63, 3.8) is 0 Å². The predicted molar refractivity (Wildman–Crippen MR) is 69.6 cm³/mol. The molecule has 1 aromatic rings. The zero-order chi connectivity index (χ0) is 12.3. The van der Waals surface area contributed by atoms with E-state index in [1.807, 2.05) is 0 Å². The van der Waals surface area contributed by atoms with Crippen LogP contribution in [0.4, 0.5) is 4.39 Å². The van der Waals surface area contributed by atoms with E-state index in [0.29, 0.717) is 6.42 Å². The molecule has 17 heavy (non-hydrogen) atoms. The molecule has 0 aromatic heterocycles. The van der Waals surface area contributed by atoms with Crippen molar-refractivity contribution in [3.8, 4) is 0 Å². The molecule has 0 saturated carbocycles. The Bertz CT molecular complexity index is 465. The van der Waals surface area contributed by atoms with Crippen molar-refractivity contribution in [2.24, 2.45) is 0 Å².